The molecule has 1 heterocycles. The van der Waals surface area contributed by atoms with Gasteiger partial charge in [-0.3, -0.25) is 0 Å². The molecule has 1 fully saturated rings. The number of halogens is 1. The second-order valence-corrected chi connectivity index (χ2v) is 5.36. The molecule has 0 saturated heterocycles. The molecule has 1 saturated carbocycles. The number of hydrogen-bond donors (Lipinski definition) is 1. The predicted molar refractivity (Wildman–Crippen MR) is 77.3 cm³/mol. The van der Waals surface area contributed by atoms with Crippen LogP contribution in [0, 0.1) is 12.7 Å². The van der Waals surface area contributed by atoms with E-state index >= 15 is 0 Å². The van der Waals surface area contributed by atoms with Gasteiger partial charge in [0.25, 0.3) is 0 Å². The third-order valence-electron chi connectivity index (χ3n) is 3.80. The molecule has 2 rings (SSSR count). The Balaban J connectivity index is 2.37. The zero-order valence-corrected chi connectivity index (χ0v) is 12.6. The number of rotatable bonds is 6. The number of anilines is 1. The monoisotopic (exact) mass is 281 g/mol. The number of ether oxygens (including phenoxy) is 1. The molecule has 1 N–H and O–H groups in total. The van der Waals surface area contributed by atoms with Gasteiger partial charge in [-0.05, 0) is 46.0 Å². The van der Waals surface area contributed by atoms with Crippen LogP contribution in [0.4, 0.5) is 10.2 Å². The average molecular weight is 281 g/mol. The Bertz CT molecular complexity index is 459. The van der Waals surface area contributed by atoms with Crippen molar-refractivity contribution < 1.29 is 9.13 Å². The van der Waals surface area contributed by atoms with E-state index in [9.17, 15) is 4.39 Å². The van der Waals surface area contributed by atoms with Crippen LogP contribution in [0.2, 0.25) is 0 Å². The van der Waals surface area contributed by atoms with Crippen molar-refractivity contribution in [2.45, 2.75) is 58.5 Å². The van der Waals surface area contributed by atoms with Gasteiger partial charge in [0.2, 0.25) is 0 Å². The molecule has 1 aliphatic carbocycles. The molecular weight excluding hydrogens is 257 g/mol. The zero-order chi connectivity index (χ0) is 14.6. The first kappa shape index (κ1) is 15.2. The van der Waals surface area contributed by atoms with Crippen LogP contribution >= 0.6 is 0 Å². The van der Waals surface area contributed by atoms with Crippen LogP contribution in [0.1, 0.15) is 57.5 Å². The van der Waals surface area contributed by atoms with Crippen LogP contribution in [-0.2, 0) is 10.3 Å². The minimum atomic E-state index is -0.421. The van der Waals surface area contributed by atoms with Crippen molar-refractivity contribution in [3.05, 3.63) is 17.3 Å². The quantitative estimate of drug-likeness (QED) is 0.866. The molecule has 1 aliphatic rings. The van der Waals surface area contributed by atoms with Gasteiger partial charge >= 0.3 is 0 Å². The zero-order valence-electron chi connectivity index (χ0n) is 12.6. The molecule has 0 spiro atoms. The van der Waals surface area contributed by atoms with Crippen molar-refractivity contribution in [2.24, 2.45) is 0 Å². The molecule has 0 unspecified atom stereocenters. The van der Waals surface area contributed by atoms with E-state index in [1.807, 2.05) is 13.8 Å². The molecule has 0 amide bonds. The van der Waals surface area contributed by atoms with Gasteiger partial charge in [-0.15, -0.1) is 0 Å². The van der Waals surface area contributed by atoms with Gasteiger partial charge in [0, 0.05) is 13.2 Å². The highest BCUT2D eigenvalue weighted by Crippen LogP contribution is 2.41. The third kappa shape index (κ3) is 2.92. The molecular formula is C15H24FN3O. The summed E-state index contributed by atoms with van der Waals surface area (Å²) >= 11 is 0. The van der Waals surface area contributed by atoms with Crippen molar-refractivity contribution in [2.75, 3.05) is 18.5 Å². The minimum Gasteiger partial charge on any atom is -0.368 e. The molecule has 1 aromatic heterocycles. The lowest BCUT2D eigenvalue weighted by Gasteiger charge is -2.28. The van der Waals surface area contributed by atoms with E-state index in [1.165, 1.54) is 0 Å². The summed E-state index contributed by atoms with van der Waals surface area (Å²) in [5.74, 6) is 0.585. The Labute approximate surface area is 120 Å². The Morgan fingerprint density at radius 2 is 1.95 bits per heavy atom. The van der Waals surface area contributed by atoms with Crippen LogP contribution in [-0.4, -0.2) is 23.1 Å². The number of nitrogens with one attached hydrogen (secondary N) is 1. The Morgan fingerprint density at radius 1 is 1.25 bits per heavy atom. The van der Waals surface area contributed by atoms with E-state index in [1.54, 1.807) is 6.92 Å². The third-order valence-corrected chi connectivity index (χ3v) is 3.80. The Morgan fingerprint density at radius 3 is 2.55 bits per heavy atom. The fourth-order valence-corrected chi connectivity index (χ4v) is 2.78. The van der Waals surface area contributed by atoms with Crippen molar-refractivity contribution in [1.82, 2.24) is 9.97 Å². The van der Waals surface area contributed by atoms with Gasteiger partial charge in [0.15, 0.2) is 17.5 Å². The Hall–Kier alpha value is -1.23. The van der Waals surface area contributed by atoms with Gasteiger partial charge in [-0.25, -0.2) is 14.4 Å². The molecule has 5 heteroatoms. The molecule has 0 aliphatic heterocycles. The Kier molecular flexibility index (Phi) is 4.91. The van der Waals surface area contributed by atoms with Gasteiger partial charge < -0.3 is 10.1 Å². The maximum Gasteiger partial charge on any atom is 0.186 e. The number of aromatic nitrogens is 2. The standard InChI is InChI=1S/C15H24FN3O/c1-4-10-17-13-12(16)11(3)18-14(19-13)15(20-5-2)8-6-7-9-15/h4-10H2,1-3H3,(H,17,18,19). The van der Waals surface area contributed by atoms with Crippen LogP contribution in [0.15, 0.2) is 0 Å². The number of nitrogens with zero attached hydrogens (tertiary/aromatic N) is 2. The van der Waals surface area contributed by atoms with Crippen LogP contribution in [0.5, 0.6) is 0 Å². The summed E-state index contributed by atoms with van der Waals surface area (Å²) in [4.78, 5) is 8.78. The van der Waals surface area contributed by atoms with Crippen molar-refractivity contribution in [1.29, 1.82) is 0 Å². The molecule has 0 radical (unpaired) electrons. The molecule has 1 aromatic rings. The maximum atomic E-state index is 14.1. The summed E-state index contributed by atoms with van der Waals surface area (Å²) in [5, 5.41) is 3.04. The highest BCUT2D eigenvalue weighted by Gasteiger charge is 2.40. The first-order valence-electron chi connectivity index (χ1n) is 7.55. The maximum absolute atomic E-state index is 14.1. The molecule has 4 nitrogen and oxygen atoms in total. The molecule has 20 heavy (non-hydrogen) atoms. The average Bonchev–Trinajstić information content (AvgIpc) is 2.90. The second kappa shape index (κ2) is 6.48. The summed E-state index contributed by atoms with van der Waals surface area (Å²) < 4.78 is 20.0. The lowest BCUT2D eigenvalue weighted by atomic mass is 10.0. The topological polar surface area (TPSA) is 47.0 Å². The predicted octanol–water partition coefficient (Wildman–Crippen LogP) is 3.55. The minimum absolute atomic E-state index is 0.306. The first-order valence-corrected chi connectivity index (χ1v) is 7.55. The van der Waals surface area contributed by atoms with Gasteiger partial charge in [-0.1, -0.05) is 6.92 Å². The van der Waals surface area contributed by atoms with Crippen molar-refractivity contribution in [3.8, 4) is 0 Å². The fourth-order valence-electron chi connectivity index (χ4n) is 2.78. The summed E-state index contributed by atoms with van der Waals surface area (Å²) in [6, 6.07) is 0. The van der Waals surface area contributed by atoms with E-state index in [-0.39, 0.29) is 5.82 Å². The smallest absolute Gasteiger partial charge is 0.186 e. The summed E-state index contributed by atoms with van der Waals surface area (Å²) in [7, 11) is 0. The SMILES string of the molecule is CCCNc1nc(C2(OCC)CCCC2)nc(C)c1F. The van der Waals surface area contributed by atoms with Gasteiger partial charge in [-0.2, -0.15) is 0 Å². The van der Waals surface area contributed by atoms with E-state index in [2.05, 4.69) is 15.3 Å². The first-order chi connectivity index (χ1) is 9.63. The number of aryl methyl sites for hydroxylation is 1. The van der Waals surface area contributed by atoms with E-state index in [0.717, 1.165) is 32.1 Å². The normalized spacial score (nSPS) is 17.4. The molecule has 0 aromatic carbocycles. The fraction of sp³-hybridized carbons (Fsp3) is 0.733. The summed E-state index contributed by atoms with van der Waals surface area (Å²) in [6.45, 7) is 7.03. The van der Waals surface area contributed by atoms with Crippen LogP contribution in [0.25, 0.3) is 0 Å². The summed E-state index contributed by atoms with van der Waals surface area (Å²) in [6.07, 6.45) is 4.97. The summed E-state index contributed by atoms with van der Waals surface area (Å²) in [5.41, 5.74) is -0.0323. The van der Waals surface area contributed by atoms with Crippen LogP contribution < -0.4 is 5.32 Å². The molecule has 112 valence electrons. The molecule has 0 bridgehead atoms. The van der Waals surface area contributed by atoms with Crippen molar-refractivity contribution >= 4 is 5.82 Å². The largest absolute Gasteiger partial charge is 0.368 e. The van der Waals surface area contributed by atoms with E-state index in [0.29, 0.717) is 30.5 Å². The van der Waals surface area contributed by atoms with Crippen LogP contribution in [0.3, 0.4) is 0 Å². The van der Waals surface area contributed by atoms with E-state index in [4.69, 9.17) is 4.74 Å². The molecule has 0 atom stereocenters. The lowest BCUT2D eigenvalue weighted by Crippen LogP contribution is -2.30. The van der Waals surface area contributed by atoms with Crippen molar-refractivity contribution in [3.63, 3.8) is 0 Å². The highest BCUT2D eigenvalue weighted by atomic mass is 19.1. The van der Waals surface area contributed by atoms with Gasteiger partial charge in [0.1, 0.15) is 5.60 Å². The number of hydrogen-bond acceptors (Lipinski definition) is 4. The second-order valence-electron chi connectivity index (χ2n) is 5.36. The lowest BCUT2D eigenvalue weighted by molar-refractivity contribution is -0.0458. The van der Waals surface area contributed by atoms with E-state index < -0.39 is 5.60 Å². The van der Waals surface area contributed by atoms with Gasteiger partial charge in [0.05, 0.1) is 5.69 Å². The highest BCUT2D eigenvalue weighted by molar-refractivity contribution is 5.39.